The first kappa shape index (κ1) is 20.9. The van der Waals surface area contributed by atoms with Gasteiger partial charge in [0.25, 0.3) is 0 Å². The molecule has 1 aliphatic rings. The molecule has 27 heavy (non-hydrogen) atoms. The van der Waals surface area contributed by atoms with E-state index in [0.29, 0.717) is 0 Å². The van der Waals surface area contributed by atoms with Crippen LogP contribution in [0.1, 0.15) is 69.9 Å². The molecule has 1 heterocycles. The van der Waals surface area contributed by atoms with Crippen LogP contribution >= 0.6 is 0 Å². The molecule has 0 spiro atoms. The number of para-hydroxylation sites is 1. The van der Waals surface area contributed by atoms with Gasteiger partial charge in [0.1, 0.15) is 0 Å². The van der Waals surface area contributed by atoms with Gasteiger partial charge in [-0.1, -0.05) is 45.9 Å². The van der Waals surface area contributed by atoms with E-state index in [1.54, 1.807) is 4.90 Å². The maximum atomic E-state index is 12.4. The van der Waals surface area contributed by atoms with Crippen LogP contribution in [0.15, 0.2) is 18.2 Å². The van der Waals surface area contributed by atoms with Crippen LogP contribution in [0.4, 0.5) is 5.69 Å². The van der Waals surface area contributed by atoms with E-state index in [2.05, 4.69) is 38.3 Å². The molecule has 0 radical (unpaired) electrons. The molecule has 0 aromatic heterocycles. The summed E-state index contributed by atoms with van der Waals surface area (Å²) in [4.78, 5) is 38.3. The van der Waals surface area contributed by atoms with Crippen molar-refractivity contribution in [3.63, 3.8) is 0 Å². The first-order valence-corrected chi connectivity index (χ1v) is 9.81. The normalized spacial score (nSPS) is 13.9. The van der Waals surface area contributed by atoms with Crippen LogP contribution in [-0.2, 0) is 14.4 Å². The van der Waals surface area contributed by atoms with E-state index in [4.69, 9.17) is 0 Å². The van der Waals surface area contributed by atoms with E-state index in [1.165, 1.54) is 0 Å². The van der Waals surface area contributed by atoms with E-state index >= 15 is 0 Å². The summed E-state index contributed by atoms with van der Waals surface area (Å²) in [5, 5.41) is 5.34. The van der Waals surface area contributed by atoms with Crippen molar-refractivity contribution < 1.29 is 14.4 Å². The number of nitrogens with zero attached hydrogens (tertiary/aromatic N) is 1. The lowest BCUT2D eigenvalue weighted by Gasteiger charge is -2.20. The van der Waals surface area contributed by atoms with Gasteiger partial charge in [-0.2, -0.15) is 0 Å². The molecule has 6 heteroatoms. The maximum absolute atomic E-state index is 12.4. The molecule has 1 aromatic carbocycles. The van der Waals surface area contributed by atoms with Gasteiger partial charge in [0.05, 0.1) is 0 Å². The van der Waals surface area contributed by atoms with Gasteiger partial charge in [-0.3, -0.25) is 14.4 Å². The van der Waals surface area contributed by atoms with Gasteiger partial charge in [-0.15, -0.1) is 0 Å². The minimum Gasteiger partial charge on any atom is -0.347 e. The zero-order valence-corrected chi connectivity index (χ0v) is 16.8. The van der Waals surface area contributed by atoms with Gasteiger partial charge in [0, 0.05) is 31.7 Å². The number of carbonyl (C=O) groups excluding carboxylic acids is 3. The van der Waals surface area contributed by atoms with Crippen LogP contribution in [-0.4, -0.2) is 42.3 Å². The first-order valence-electron chi connectivity index (χ1n) is 9.81. The Bertz CT molecular complexity index is 666. The summed E-state index contributed by atoms with van der Waals surface area (Å²) in [6.07, 6.45) is 2.29. The molecule has 0 bridgehead atoms. The second-order valence-electron chi connectivity index (χ2n) is 7.67. The van der Waals surface area contributed by atoms with Crippen LogP contribution in [0.25, 0.3) is 0 Å². The minimum atomic E-state index is -0.711. The lowest BCUT2D eigenvalue weighted by Crippen LogP contribution is -2.38. The van der Waals surface area contributed by atoms with Crippen LogP contribution in [0.3, 0.4) is 0 Å². The first-order chi connectivity index (χ1) is 12.8. The smallest absolute Gasteiger partial charge is 0.313 e. The number of hydrogen-bond acceptors (Lipinski definition) is 3. The third-order valence-corrected chi connectivity index (χ3v) is 4.90. The molecule has 1 aliphatic heterocycles. The Hall–Kier alpha value is -2.37. The molecule has 2 N–H and O–H groups in total. The fourth-order valence-corrected chi connectivity index (χ4v) is 3.35. The average molecular weight is 373 g/mol. The lowest BCUT2D eigenvalue weighted by molar-refractivity contribution is -0.136. The summed E-state index contributed by atoms with van der Waals surface area (Å²) in [6.45, 7) is 9.97. The number of anilines is 1. The van der Waals surface area contributed by atoms with E-state index < -0.39 is 11.8 Å². The standard InChI is InChI=1S/C21H31N3O3/c1-14(2)16-8-7-9-17(15(3)4)19(16)23-21(27)20(26)22-11-10-18(25)24-12-5-6-13-24/h7-9,14-15H,5-6,10-13H2,1-4H3,(H,22,26)(H,23,27). The Morgan fingerprint density at radius 1 is 0.963 bits per heavy atom. The molecular weight excluding hydrogens is 342 g/mol. The third-order valence-electron chi connectivity index (χ3n) is 4.90. The molecular formula is C21H31N3O3. The van der Waals surface area contributed by atoms with Crippen molar-refractivity contribution in [3.05, 3.63) is 29.3 Å². The second kappa shape index (κ2) is 9.53. The molecule has 1 saturated heterocycles. The summed E-state index contributed by atoms with van der Waals surface area (Å²) in [5.74, 6) is -0.933. The Morgan fingerprint density at radius 3 is 2.04 bits per heavy atom. The van der Waals surface area contributed by atoms with Crippen LogP contribution in [0.2, 0.25) is 0 Å². The van der Waals surface area contributed by atoms with Gasteiger partial charge >= 0.3 is 11.8 Å². The van der Waals surface area contributed by atoms with Crippen LogP contribution in [0, 0.1) is 0 Å². The molecule has 0 aliphatic carbocycles. The number of amides is 3. The van der Waals surface area contributed by atoms with Crippen molar-refractivity contribution in [3.8, 4) is 0 Å². The van der Waals surface area contributed by atoms with Crippen molar-refractivity contribution in [2.75, 3.05) is 25.0 Å². The molecule has 6 nitrogen and oxygen atoms in total. The third kappa shape index (κ3) is 5.55. The van der Waals surface area contributed by atoms with E-state index in [-0.39, 0.29) is 30.7 Å². The number of benzene rings is 1. The largest absolute Gasteiger partial charge is 0.347 e. The van der Waals surface area contributed by atoms with E-state index in [0.717, 1.165) is 42.7 Å². The topological polar surface area (TPSA) is 78.5 Å². The molecule has 148 valence electrons. The zero-order chi connectivity index (χ0) is 20.0. The number of rotatable bonds is 6. The number of likely N-dealkylation sites (tertiary alicyclic amines) is 1. The summed E-state index contributed by atoms with van der Waals surface area (Å²) in [5.41, 5.74) is 2.73. The number of carbonyl (C=O) groups is 3. The Kier molecular flexibility index (Phi) is 7.39. The van der Waals surface area contributed by atoms with Gasteiger partial charge in [0.15, 0.2) is 0 Å². The maximum Gasteiger partial charge on any atom is 0.313 e. The fraction of sp³-hybridized carbons (Fsp3) is 0.571. The van der Waals surface area contributed by atoms with E-state index in [9.17, 15) is 14.4 Å². The summed E-state index contributed by atoms with van der Waals surface area (Å²) in [7, 11) is 0. The highest BCUT2D eigenvalue weighted by molar-refractivity contribution is 6.39. The number of nitrogens with one attached hydrogen (secondary N) is 2. The van der Waals surface area contributed by atoms with Crippen molar-refractivity contribution in [1.82, 2.24) is 10.2 Å². The minimum absolute atomic E-state index is 0.0282. The van der Waals surface area contributed by atoms with Crippen molar-refractivity contribution in [2.24, 2.45) is 0 Å². The van der Waals surface area contributed by atoms with Crippen LogP contribution < -0.4 is 10.6 Å². The molecule has 1 fully saturated rings. The van der Waals surface area contributed by atoms with Crippen LogP contribution in [0.5, 0.6) is 0 Å². The summed E-state index contributed by atoms with van der Waals surface area (Å²) >= 11 is 0. The SMILES string of the molecule is CC(C)c1cccc(C(C)C)c1NC(=O)C(=O)NCCC(=O)N1CCCC1. The molecule has 1 aromatic rings. The molecule has 0 atom stereocenters. The summed E-state index contributed by atoms with van der Waals surface area (Å²) < 4.78 is 0. The van der Waals surface area contributed by atoms with Gasteiger partial charge in [-0.25, -0.2) is 0 Å². The van der Waals surface area contributed by atoms with Crippen molar-refractivity contribution in [2.45, 2.75) is 58.8 Å². The Morgan fingerprint density at radius 2 is 1.52 bits per heavy atom. The average Bonchev–Trinajstić information content (AvgIpc) is 3.15. The molecule has 2 rings (SSSR count). The molecule has 0 saturated carbocycles. The summed E-state index contributed by atoms with van der Waals surface area (Å²) in [6, 6.07) is 5.92. The second-order valence-corrected chi connectivity index (χ2v) is 7.67. The predicted molar refractivity (Wildman–Crippen MR) is 107 cm³/mol. The van der Waals surface area contributed by atoms with E-state index in [1.807, 2.05) is 18.2 Å². The lowest BCUT2D eigenvalue weighted by atomic mass is 9.92. The van der Waals surface area contributed by atoms with Gasteiger partial charge < -0.3 is 15.5 Å². The zero-order valence-electron chi connectivity index (χ0n) is 16.8. The van der Waals surface area contributed by atoms with Crippen molar-refractivity contribution >= 4 is 23.4 Å². The Balaban J connectivity index is 1.95. The van der Waals surface area contributed by atoms with Gasteiger partial charge in [-0.05, 0) is 35.8 Å². The van der Waals surface area contributed by atoms with Gasteiger partial charge in [0.2, 0.25) is 5.91 Å². The highest BCUT2D eigenvalue weighted by Gasteiger charge is 2.21. The highest BCUT2D eigenvalue weighted by Crippen LogP contribution is 2.32. The monoisotopic (exact) mass is 373 g/mol. The number of hydrogen-bond donors (Lipinski definition) is 2. The molecule has 0 unspecified atom stereocenters. The highest BCUT2D eigenvalue weighted by atomic mass is 16.2. The van der Waals surface area contributed by atoms with Crippen molar-refractivity contribution in [1.29, 1.82) is 0 Å². The Labute approximate surface area is 161 Å². The fourth-order valence-electron chi connectivity index (χ4n) is 3.35. The predicted octanol–water partition coefficient (Wildman–Crippen LogP) is 3.00. The quantitative estimate of drug-likeness (QED) is 0.753. The molecule has 3 amide bonds.